The number of ether oxygens (including phenoxy) is 2. The molecule has 0 aliphatic carbocycles. The SMILES string of the molecule is CCNC(=NCc1cccc(S(=O)(=O)NCCOC)c1)N1CC(C)C(C(=O)OC)C1. The second-order valence-corrected chi connectivity index (χ2v) is 8.99. The van der Waals surface area contributed by atoms with Gasteiger partial charge in [-0.1, -0.05) is 19.1 Å². The molecule has 1 heterocycles. The zero-order chi connectivity index (χ0) is 22.1. The maximum atomic E-state index is 12.4. The van der Waals surface area contributed by atoms with Gasteiger partial charge in [-0.25, -0.2) is 18.1 Å². The number of nitrogens with one attached hydrogen (secondary N) is 2. The first-order valence-corrected chi connectivity index (χ1v) is 11.5. The highest BCUT2D eigenvalue weighted by atomic mass is 32.2. The van der Waals surface area contributed by atoms with Gasteiger partial charge < -0.3 is 19.7 Å². The van der Waals surface area contributed by atoms with Crippen LogP contribution < -0.4 is 10.0 Å². The predicted octanol–water partition coefficient (Wildman–Crippen LogP) is 0.818. The van der Waals surface area contributed by atoms with Crippen LogP contribution in [0.3, 0.4) is 0 Å². The number of hydrogen-bond acceptors (Lipinski definition) is 6. The van der Waals surface area contributed by atoms with E-state index in [9.17, 15) is 13.2 Å². The van der Waals surface area contributed by atoms with E-state index in [1.165, 1.54) is 14.2 Å². The maximum Gasteiger partial charge on any atom is 0.310 e. The van der Waals surface area contributed by atoms with Crippen molar-refractivity contribution >= 4 is 22.0 Å². The van der Waals surface area contributed by atoms with Crippen LogP contribution in [0.2, 0.25) is 0 Å². The van der Waals surface area contributed by atoms with Gasteiger partial charge in [-0.15, -0.1) is 0 Å². The molecule has 0 bridgehead atoms. The van der Waals surface area contributed by atoms with Crippen molar-refractivity contribution in [1.82, 2.24) is 14.9 Å². The minimum absolute atomic E-state index is 0.160. The van der Waals surface area contributed by atoms with Crippen molar-refractivity contribution in [3.05, 3.63) is 29.8 Å². The average Bonchev–Trinajstić information content (AvgIpc) is 3.12. The summed E-state index contributed by atoms with van der Waals surface area (Å²) in [7, 11) is -0.680. The molecule has 2 N–H and O–H groups in total. The minimum atomic E-state index is -3.60. The number of benzene rings is 1. The van der Waals surface area contributed by atoms with Gasteiger partial charge in [0.2, 0.25) is 10.0 Å². The van der Waals surface area contributed by atoms with Gasteiger partial charge in [-0.3, -0.25) is 4.79 Å². The fourth-order valence-electron chi connectivity index (χ4n) is 3.36. The number of hydrogen-bond donors (Lipinski definition) is 2. The summed E-state index contributed by atoms with van der Waals surface area (Å²) in [6.07, 6.45) is 0. The summed E-state index contributed by atoms with van der Waals surface area (Å²) in [5.41, 5.74) is 0.775. The number of carbonyl (C=O) groups is 1. The predicted molar refractivity (Wildman–Crippen MR) is 115 cm³/mol. The summed E-state index contributed by atoms with van der Waals surface area (Å²) in [6, 6.07) is 6.71. The van der Waals surface area contributed by atoms with Crippen molar-refractivity contribution in [3.8, 4) is 0 Å². The first kappa shape index (κ1) is 24.1. The molecule has 1 aromatic carbocycles. The Morgan fingerprint density at radius 1 is 1.30 bits per heavy atom. The number of guanidine groups is 1. The van der Waals surface area contributed by atoms with Gasteiger partial charge in [0.05, 0.1) is 31.1 Å². The zero-order valence-corrected chi connectivity index (χ0v) is 18.9. The van der Waals surface area contributed by atoms with Crippen LogP contribution in [0.25, 0.3) is 0 Å². The van der Waals surface area contributed by atoms with Gasteiger partial charge in [0.25, 0.3) is 0 Å². The fourth-order valence-corrected chi connectivity index (χ4v) is 4.45. The van der Waals surface area contributed by atoms with Crippen LogP contribution in [0.1, 0.15) is 19.4 Å². The van der Waals surface area contributed by atoms with E-state index in [0.29, 0.717) is 38.7 Å². The van der Waals surface area contributed by atoms with Crippen LogP contribution >= 0.6 is 0 Å². The Morgan fingerprint density at radius 3 is 2.73 bits per heavy atom. The number of nitrogens with zero attached hydrogens (tertiary/aromatic N) is 2. The number of esters is 1. The third kappa shape index (κ3) is 6.41. The molecule has 0 spiro atoms. The fraction of sp³-hybridized carbons (Fsp3) is 0.600. The molecule has 1 fully saturated rings. The molecule has 0 aromatic heterocycles. The minimum Gasteiger partial charge on any atom is -0.469 e. The van der Waals surface area contributed by atoms with Gasteiger partial charge >= 0.3 is 5.97 Å². The molecule has 0 saturated carbocycles. The van der Waals surface area contributed by atoms with Gasteiger partial charge in [-0.05, 0) is 30.5 Å². The van der Waals surface area contributed by atoms with E-state index in [1.54, 1.807) is 18.2 Å². The third-order valence-electron chi connectivity index (χ3n) is 4.97. The Morgan fingerprint density at radius 2 is 2.07 bits per heavy atom. The van der Waals surface area contributed by atoms with Gasteiger partial charge in [-0.2, -0.15) is 0 Å². The summed E-state index contributed by atoms with van der Waals surface area (Å²) in [5.74, 6) is 0.459. The summed E-state index contributed by atoms with van der Waals surface area (Å²) < 4.78 is 37.1. The Balaban J connectivity index is 2.13. The molecule has 1 aliphatic heterocycles. The van der Waals surface area contributed by atoms with Crippen LogP contribution in [0, 0.1) is 11.8 Å². The molecule has 1 aliphatic rings. The highest BCUT2D eigenvalue weighted by Gasteiger charge is 2.36. The molecule has 10 heteroatoms. The molecule has 2 atom stereocenters. The Labute approximate surface area is 178 Å². The standard InChI is InChI=1S/C20H32N4O5S/c1-5-21-20(24-13-15(2)18(14-24)19(25)29-4)22-12-16-7-6-8-17(11-16)30(26,27)23-9-10-28-3/h6-8,11,15,18,23H,5,9-10,12-14H2,1-4H3,(H,21,22). The lowest BCUT2D eigenvalue weighted by molar-refractivity contribution is -0.145. The number of likely N-dealkylation sites (tertiary alicyclic amines) is 1. The molecule has 30 heavy (non-hydrogen) atoms. The van der Waals surface area contributed by atoms with E-state index in [0.717, 1.165) is 5.56 Å². The molecular formula is C20H32N4O5S. The molecular weight excluding hydrogens is 408 g/mol. The number of sulfonamides is 1. The Bertz CT molecular complexity index is 843. The van der Waals surface area contributed by atoms with Crippen LogP contribution in [0.4, 0.5) is 0 Å². The maximum absolute atomic E-state index is 12.4. The van der Waals surface area contributed by atoms with Crippen molar-refractivity contribution in [2.45, 2.75) is 25.3 Å². The third-order valence-corrected chi connectivity index (χ3v) is 6.43. The second-order valence-electron chi connectivity index (χ2n) is 7.22. The monoisotopic (exact) mass is 440 g/mol. The van der Waals surface area contributed by atoms with E-state index >= 15 is 0 Å². The first-order chi connectivity index (χ1) is 14.3. The lowest BCUT2D eigenvalue weighted by atomic mass is 9.99. The first-order valence-electron chi connectivity index (χ1n) is 10.0. The molecule has 168 valence electrons. The molecule has 0 radical (unpaired) electrons. The molecule has 1 saturated heterocycles. The van der Waals surface area contributed by atoms with Crippen molar-refractivity contribution in [3.63, 3.8) is 0 Å². The lowest BCUT2D eigenvalue weighted by Gasteiger charge is -2.21. The van der Waals surface area contributed by atoms with Crippen LogP contribution in [-0.2, 0) is 30.8 Å². The van der Waals surface area contributed by atoms with Crippen molar-refractivity contribution < 1.29 is 22.7 Å². The average molecular weight is 441 g/mol. The number of rotatable bonds is 9. The smallest absolute Gasteiger partial charge is 0.310 e. The zero-order valence-electron chi connectivity index (χ0n) is 18.1. The molecule has 2 rings (SSSR count). The van der Waals surface area contributed by atoms with Crippen LogP contribution in [-0.4, -0.2) is 72.3 Å². The largest absolute Gasteiger partial charge is 0.469 e. The van der Waals surface area contributed by atoms with Gasteiger partial charge in [0.15, 0.2) is 5.96 Å². The Hall–Kier alpha value is -2.17. The quantitative estimate of drug-likeness (QED) is 0.253. The summed E-state index contributed by atoms with van der Waals surface area (Å²) >= 11 is 0. The summed E-state index contributed by atoms with van der Waals surface area (Å²) in [5, 5.41) is 3.25. The van der Waals surface area contributed by atoms with Crippen molar-refractivity contribution in [2.75, 3.05) is 47.0 Å². The van der Waals surface area contributed by atoms with E-state index < -0.39 is 10.0 Å². The van der Waals surface area contributed by atoms with Crippen molar-refractivity contribution in [1.29, 1.82) is 0 Å². The van der Waals surface area contributed by atoms with Crippen molar-refractivity contribution in [2.24, 2.45) is 16.8 Å². The number of carbonyl (C=O) groups excluding carboxylic acids is 1. The topological polar surface area (TPSA) is 109 Å². The molecule has 9 nitrogen and oxygen atoms in total. The molecule has 2 unspecified atom stereocenters. The van der Waals surface area contributed by atoms with E-state index in [2.05, 4.69) is 15.0 Å². The number of aliphatic imine (C=N–C) groups is 1. The Kier molecular flexibility index (Phi) is 9.07. The van der Waals surface area contributed by atoms with E-state index in [4.69, 9.17) is 9.47 Å². The van der Waals surface area contributed by atoms with E-state index in [-0.39, 0.29) is 29.2 Å². The normalized spacial score (nSPS) is 19.7. The van der Waals surface area contributed by atoms with Gasteiger partial charge in [0, 0.05) is 33.3 Å². The highest BCUT2D eigenvalue weighted by Crippen LogP contribution is 2.24. The summed E-state index contributed by atoms with van der Waals surface area (Å²) in [4.78, 5) is 18.9. The number of methoxy groups -OCH3 is 2. The lowest BCUT2D eigenvalue weighted by Crippen LogP contribution is -2.40. The van der Waals surface area contributed by atoms with Gasteiger partial charge in [0.1, 0.15) is 0 Å². The van der Waals surface area contributed by atoms with Crippen LogP contribution in [0.5, 0.6) is 0 Å². The highest BCUT2D eigenvalue weighted by molar-refractivity contribution is 7.89. The van der Waals surface area contributed by atoms with Crippen LogP contribution in [0.15, 0.2) is 34.2 Å². The second kappa shape index (κ2) is 11.3. The summed E-state index contributed by atoms with van der Waals surface area (Å²) in [6.45, 7) is 6.75. The molecule has 0 amide bonds. The molecule has 1 aromatic rings. The van der Waals surface area contributed by atoms with E-state index in [1.807, 2.05) is 24.8 Å².